The lowest BCUT2D eigenvalue weighted by atomic mass is 10.1. The summed E-state index contributed by atoms with van der Waals surface area (Å²) in [5.41, 5.74) is 0. The summed E-state index contributed by atoms with van der Waals surface area (Å²) in [6, 6.07) is 0. The van der Waals surface area contributed by atoms with Gasteiger partial charge in [0.15, 0.2) is 0 Å². The molecule has 0 amide bonds. The molecule has 0 spiro atoms. The average Bonchev–Trinajstić information content (AvgIpc) is 3.06. The number of nitrogens with zero attached hydrogens (tertiary/aromatic N) is 3. The van der Waals surface area contributed by atoms with Crippen LogP contribution in [0.2, 0.25) is 0 Å². The monoisotopic (exact) mass is 239 g/mol. The van der Waals surface area contributed by atoms with Crippen molar-refractivity contribution in [3.8, 4) is 0 Å². The van der Waals surface area contributed by atoms with Gasteiger partial charge in [-0.1, -0.05) is 0 Å². The molecule has 5 nitrogen and oxygen atoms in total. The fraction of sp³-hybridized carbons (Fsp3) is 0.833. The van der Waals surface area contributed by atoms with E-state index in [9.17, 15) is 5.11 Å². The first-order valence-corrected chi connectivity index (χ1v) is 6.42. The molecule has 0 aliphatic heterocycles. The quantitative estimate of drug-likeness (QED) is 0.771. The summed E-state index contributed by atoms with van der Waals surface area (Å²) in [6.07, 6.45) is 3.89. The number of aryl methyl sites for hydroxylation is 1. The van der Waals surface area contributed by atoms with Gasteiger partial charge in [-0.25, -0.2) is 4.98 Å². The molecule has 0 aromatic carbocycles. The van der Waals surface area contributed by atoms with E-state index >= 15 is 0 Å². The summed E-state index contributed by atoms with van der Waals surface area (Å²) in [7, 11) is 0. The fourth-order valence-electron chi connectivity index (χ4n) is 2.19. The van der Waals surface area contributed by atoms with Crippen molar-refractivity contribution in [2.45, 2.75) is 51.9 Å². The maximum absolute atomic E-state index is 10.2. The van der Waals surface area contributed by atoms with Gasteiger partial charge in [0.1, 0.15) is 12.2 Å². The second-order valence-electron chi connectivity index (χ2n) is 4.52. The maximum atomic E-state index is 10.2. The molecule has 1 heterocycles. The molecular formula is C12H21N3O2. The number of ether oxygens (including phenoxy) is 1. The number of hydrogen-bond donors (Lipinski definition) is 1. The number of aliphatic hydroxyl groups is 1. The largest absolute Gasteiger partial charge is 0.390 e. The third-order valence-corrected chi connectivity index (χ3v) is 3.21. The molecule has 1 saturated carbocycles. The lowest BCUT2D eigenvalue weighted by Gasteiger charge is -2.22. The average molecular weight is 239 g/mol. The molecule has 5 heteroatoms. The Kier molecular flexibility index (Phi) is 4.12. The smallest absolute Gasteiger partial charge is 0.138 e. The van der Waals surface area contributed by atoms with Gasteiger partial charge in [-0.2, -0.15) is 5.10 Å². The van der Waals surface area contributed by atoms with Crippen molar-refractivity contribution < 1.29 is 9.84 Å². The van der Waals surface area contributed by atoms with Crippen molar-refractivity contribution in [1.82, 2.24) is 14.8 Å². The Labute approximate surface area is 102 Å². The minimum atomic E-state index is -0.475. The lowest BCUT2D eigenvalue weighted by Crippen LogP contribution is -2.33. The van der Waals surface area contributed by atoms with E-state index in [0.717, 1.165) is 12.4 Å². The number of rotatable bonds is 7. The van der Waals surface area contributed by atoms with E-state index in [1.165, 1.54) is 12.8 Å². The van der Waals surface area contributed by atoms with Crippen LogP contribution < -0.4 is 0 Å². The van der Waals surface area contributed by atoms with Gasteiger partial charge in [0, 0.05) is 19.6 Å². The minimum absolute atomic E-state index is 0.0398. The van der Waals surface area contributed by atoms with Crippen LogP contribution in [0.15, 0.2) is 6.33 Å². The van der Waals surface area contributed by atoms with Crippen LogP contribution in [-0.4, -0.2) is 38.7 Å². The second kappa shape index (κ2) is 5.60. The van der Waals surface area contributed by atoms with Crippen LogP contribution in [0.4, 0.5) is 0 Å². The highest BCUT2D eigenvalue weighted by molar-refractivity contribution is 4.94. The molecule has 0 saturated heterocycles. The van der Waals surface area contributed by atoms with E-state index in [2.05, 4.69) is 10.1 Å². The summed E-state index contributed by atoms with van der Waals surface area (Å²) >= 11 is 0. The van der Waals surface area contributed by atoms with Gasteiger partial charge in [-0.05, 0) is 32.6 Å². The van der Waals surface area contributed by atoms with Crippen LogP contribution in [0.25, 0.3) is 0 Å². The topological polar surface area (TPSA) is 60.2 Å². The van der Waals surface area contributed by atoms with Crippen molar-refractivity contribution in [2.75, 3.05) is 6.61 Å². The summed E-state index contributed by atoms with van der Waals surface area (Å²) in [6.45, 7) is 5.42. The van der Waals surface area contributed by atoms with Crippen LogP contribution in [0.1, 0.15) is 32.5 Å². The summed E-state index contributed by atoms with van der Waals surface area (Å²) in [5.74, 6) is 1.37. The fourth-order valence-corrected chi connectivity index (χ4v) is 2.19. The van der Waals surface area contributed by atoms with E-state index in [1.54, 1.807) is 6.33 Å². The van der Waals surface area contributed by atoms with Crippen molar-refractivity contribution in [3.63, 3.8) is 0 Å². The van der Waals surface area contributed by atoms with E-state index < -0.39 is 6.10 Å². The summed E-state index contributed by atoms with van der Waals surface area (Å²) in [4.78, 5) is 4.19. The van der Waals surface area contributed by atoms with E-state index in [4.69, 9.17) is 4.74 Å². The first kappa shape index (κ1) is 12.5. The Balaban J connectivity index is 1.96. The van der Waals surface area contributed by atoms with E-state index in [-0.39, 0.29) is 6.10 Å². The van der Waals surface area contributed by atoms with Crippen molar-refractivity contribution in [3.05, 3.63) is 12.2 Å². The second-order valence-corrected chi connectivity index (χ2v) is 4.52. The zero-order valence-electron chi connectivity index (χ0n) is 10.5. The zero-order valence-corrected chi connectivity index (χ0v) is 10.5. The lowest BCUT2D eigenvalue weighted by molar-refractivity contribution is -0.0449. The van der Waals surface area contributed by atoms with Gasteiger partial charge in [0.25, 0.3) is 0 Å². The third kappa shape index (κ3) is 3.04. The zero-order chi connectivity index (χ0) is 12.3. The number of aromatic nitrogens is 3. The Morgan fingerprint density at radius 2 is 2.29 bits per heavy atom. The SMILES string of the molecule is CCOC(C(O)Cc1ncnn1CC)C1CC1. The van der Waals surface area contributed by atoms with Gasteiger partial charge < -0.3 is 9.84 Å². The Bertz CT molecular complexity index is 349. The highest BCUT2D eigenvalue weighted by Gasteiger charge is 2.37. The van der Waals surface area contributed by atoms with Crippen LogP contribution in [0.3, 0.4) is 0 Å². The molecule has 0 bridgehead atoms. The molecular weight excluding hydrogens is 218 g/mol. The highest BCUT2D eigenvalue weighted by Crippen LogP contribution is 2.36. The molecule has 2 atom stereocenters. The molecule has 17 heavy (non-hydrogen) atoms. The van der Waals surface area contributed by atoms with Crippen molar-refractivity contribution in [1.29, 1.82) is 0 Å². The summed E-state index contributed by atoms with van der Waals surface area (Å²) < 4.78 is 7.46. The maximum Gasteiger partial charge on any atom is 0.138 e. The Hall–Kier alpha value is -0.940. The van der Waals surface area contributed by atoms with Crippen molar-refractivity contribution in [2.24, 2.45) is 5.92 Å². The number of aliphatic hydroxyl groups excluding tert-OH is 1. The van der Waals surface area contributed by atoms with Gasteiger partial charge in [-0.3, -0.25) is 4.68 Å². The molecule has 1 aliphatic carbocycles. The standard InChI is InChI=1S/C12H21N3O2/c1-3-15-11(13-8-14-15)7-10(16)12(17-4-2)9-5-6-9/h8-10,12,16H,3-7H2,1-2H3. The van der Waals surface area contributed by atoms with Gasteiger partial charge in [0.05, 0.1) is 12.2 Å². The molecule has 0 radical (unpaired) electrons. The molecule has 96 valence electrons. The number of hydrogen-bond acceptors (Lipinski definition) is 4. The normalized spacial score (nSPS) is 19.2. The predicted molar refractivity (Wildman–Crippen MR) is 63.5 cm³/mol. The molecule has 1 aliphatic rings. The summed E-state index contributed by atoms with van der Waals surface area (Å²) in [5, 5.41) is 14.3. The molecule has 1 aromatic heterocycles. The van der Waals surface area contributed by atoms with Crippen molar-refractivity contribution >= 4 is 0 Å². The van der Waals surface area contributed by atoms with Crippen LogP contribution >= 0.6 is 0 Å². The Morgan fingerprint density at radius 1 is 1.53 bits per heavy atom. The van der Waals surface area contributed by atoms with Gasteiger partial charge in [-0.15, -0.1) is 0 Å². The molecule has 1 aromatic rings. The third-order valence-electron chi connectivity index (χ3n) is 3.21. The Morgan fingerprint density at radius 3 is 2.88 bits per heavy atom. The van der Waals surface area contributed by atoms with Crippen LogP contribution in [0.5, 0.6) is 0 Å². The highest BCUT2D eigenvalue weighted by atomic mass is 16.5. The molecule has 1 fully saturated rings. The van der Waals surface area contributed by atoms with Crippen LogP contribution in [-0.2, 0) is 17.7 Å². The minimum Gasteiger partial charge on any atom is -0.390 e. The first-order chi connectivity index (χ1) is 8.26. The molecule has 2 rings (SSSR count). The predicted octanol–water partition coefficient (Wildman–Crippen LogP) is 1.02. The molecule has 2 unspecified atom stereocenters. The first-order valence-electron chi connectivity index (χ1n) is 6.42. The molecule has 1 N–H and O–H groups in total. The van der Waals surface area contributed by atoms with E-state index in [1.807, 2.05) is 18.5 Å². The van der Waals surface area contributed by atoms with Crippen LogP contribution in [0, 0.1) is 5.92 Å². The van der Waals surface area contributed by atoms with Gasteiger partial charge >= 0.3 is 0 Å². The van der Waals surface area contributed by atoms with Gasteiger partial charge in [0.2, 0.25) is 0 Å². The van der Waals surface area contributed by atoms with E-state index in [0.29, 0.717) is 18.9 Å².